The fourth-order valence-electron chi connectivity index (χ4n) is 13.2. The molecule has 338 valence electrons. The maximum Gasteiger partial charge on any atom is 0.306 e. The molecule has 0 aliphatic heterocycles. The summed E-state index contributed by atoms with van der Waals surface area (Å²) in [6.07, 6.45) is 10.2. The van der Waals surface area contributed by atoms with Gasteiger partial charge in [0.05, 0.1) is 5.60 Å². The monoisotopic (exact) mass is 827 g/mol. The second-order valence-electron chi connectivity index (χ2n) is 21.6. The summed E-state index contributed by atoms with van der Waals surface area (Å²) in [6.45, 7) is 29.7. The molecule has 0 amide bonds. The van der Waals surface area contributed by atoms with E-state index in [0.29, 0.717) is 31.5 Å². The Labute approximate surface area is 359 Å². The van der Waals surface area contributed by atoms with Gasteiger partial charge in [0.2, 0.25) is 0 Å². The molecule has 0 aromatic heterocycles. The lowest BCUT2D eigenvalue weighted by atomic mass is 9.36. The van der Waals surface area contributed by atoms with Gasteiger partial charge in [-0.15, -0.1) is 0 Å². The predicted molar refractivity (Wildman–Crippen MR) is 235 cm³/mol. The molecule has 0 saturated heterocycles. The van der Waals surface area contributed by atoms with Crippen molar-refractivity contribution in [3.8, 4) is 0 Å². The number of aliphatic hydroxyl groups is 1. The Bertz CT molecular complexity index is 1510. The first-order valence-corrected chi connectivity index (χ1v) is 24.1. The van der Waals surface area contributed by atoms with E-state index in [-0.39, 0.29) is 88.6 Å². The minimum Gasteiger partial charge on any atom is -0.462 e. The Hall–Kier alpha value is -2.22. The molecule has 3 fully saturated rings. The van der Waals surface area contributed by atoms with Crippen LogP contribution in [0.25, 0.3) is 0 Å². The van der Waals surface area contributed by atoms with Gasteiger partial charge in [0, 0.05) is 43.4 Å². The number of ether oxygens (including phenoxy) is 3. The summed E-state index contributed by atoms with van der Waals surface area (Å²) in [6, 6.07) is 0. The molecule has 0 bridgehead atoms. The largest absolute Gasteiger partial charge is 0.462 e. The molecule has 0 aromatic carbocycles. The van der Waals surface area contributed by atoms with Crippen molar-refractivity contribution >= 4 is 23.7 Å². The first-order chi connectivity index (χ1) is 27.5. The minimum absolute atomic E-state index is 0.0559. The zero-order valence-corrected chi connectivity index (χ0v) is 40.0. The van der Waals surface area contributed by atoms with E-state index in [1.165, 1.54) is 11.1 Å². The van der Waals surface area contributed by atoms with E-state index in [2.05, 4.69) is 83.1 Å². The summed E-state index contributed by atoms with van der Waals surface area (Å²) in [5.41, 5.74) is 0.292. The van der Waals surface area contributed by atoms with E-state index in [0.717, 1.165) is 70.6 Å². The summed E-state index contributed by atoms with van der Waals surface area (Å²) in [7, 11) is 0. The third-order valence-corrected chi connectivity index (χ3v) is 17.5. The molecule has 4 aliphatic rings. The lowest BCUT2D eigenvalue weighted by Gasteiger charge is -2.69. The third-order valence-electron chi connectivity index (χ3n) is 17.5. The summed E-state index contributed by atoms with van der Waals surface area (Å²) in [4.78, 5) is 54.7. The Morgan fingerprint density at radius 2 is 1.25 bits per heavy atom. The van der Waals surface area contributed by atoms with Crippen molar-refractivity contribution < 1.29 is 38.5 Å². The molecule has 0 unspecified atom stereocenters. The fourth-order valence-corrected chi connectivity index (χ4v) is 13.2. The van der Waals surface area contributed by atoms with Crippen LogP contribution in [0.3, 0.4) is 0 Å². The highest BCUT2D eigenvalue weighted by molar-refractivity contribution is 5.85. The Kier molecular flexibility index (Phi) is 16.3. The number of Topliss-reactive ketones (excluding diaryl/α,β-unsaturated/α-hetero) is 1. The molecule has 8 nitrogen and oxygen atoms in total. The lowest BCUT2D eigenvalue weighted by molar-refractivity contribution is -0.218. The molecule has 0 heterocycles. The van der Waals surface area contributed by atoms with Crippen molar-refractivity contribution in [2.45, 2.75) is 230 Å². The molecular weight excluding hydrogens is 741 g/mol. The van der Waals surface area contributed by atoms with Gasteiger partial charge in [-0.25, -0.2) is 0 Å². The standard InChI is InChI=1S/C51H86O8/c1-15-33(16-2)28-42(53)57-38-31-37-36(21-25-50(37,13)51(14)26-22-40-47(8,9)41(52)23-24-49(40,12)45(38)51)32(7)27-39(58-43(54)29-34(17-3)18-4)46(48(10,11)56)59-44(55)30-35(19-5)20-6/h32-35,38-40,45-46,56H,15-31H2,1-14H3/t32-,38+,39+,40+,45+,46-,49+,50+,51+/m1/s1. The average molecular weight is 827 g/mol. The van der Waals surface area contributed by atoms with Crippen LogP contribution in [0.2, 0.25) is 0 Å². The summed E-state index contributed by atoms with van der Waals surface area (Å²) in [5, 5.41) is 11.6. The van der Waals surface area contributed by atoms with Gasteiger partial charge in [0.25, 0.3) is 0 Å². The minimum atomic E-state index is -1.46. The van der Waals surface area contributed by atoms with E-state index in [1.807, 2.05) is 0 Å². The topological polar surface area (TPSA) is 116 Å². The summed E-state index contributed by atoms with van der Waals surface area (Å²) >= 11 is 0. The van der Waals surface area contributed by atoms with Crippen molar-refractivity contribution in [1.82, 2.24) is 0 Å². The van der Waals surface area contributed by atoms with Crippen LogP contribution in [-0.2, 0) is 33.4 Å². The number of esters is 3. The maximum absolute atomic E-state index is 14.0. The molecule has 9 atom stereocenters. The molecule has 0 radical (unpaired) electrons. The van der Waals surface area contributed by atoms with Crippen LogP contribution in [0.5, 0.6) is 0 Å². The van der Waals surface area contributed by atoms with Gasteiger partial charge in [0.1, 0.15) is 18.0 Å². The summed E-state index contributed by atoms with van der Waals surface area (Å²) < 4.78 is 19.3. The second kappa shape index (κ2) is 19.4. The number of hydrogen-bond acceptors (Lipinski definition) is 8. The zero-order valence-electron chi connectivity index (χ0n) is 40.0. The maximum atomic E-state index is 14.0. The number of allylic oxidation sites excluding steroid dienone is 1. The van der Waals surface area contributed by atoms with E-state index < -0.39 is 23.2 Å². The highest BCUT2D eigenvalue weighted by Gasteiger charge is 2.70. The smallest absolute Gasteiger partial charge is 0.306 e. The Morgan fingerprint density at radius 1 is 0.746 bits per heavy atom. The summed E-state index contributed by atoms with van der Waals surface area (Å²) in [5.74, 6) is 0.425. The molecule has 59 heavy (non-hydrogen) atoms. The van der Waals surface area contributed by atoms with E-state index >= 15 is 0 Å². The van der Waals surface area contributed by atoms with Gasteiger partial charge in [-0.2, -0.15) is 0 Å². The number of carbonyl (C=O) groups excluding carboxylic acids is 4. The van der Waals surface area contributed by atoms with Crippen LogP contribution in [0.1, 0.15) is 206 Å². The van der Waals surface area contributed by atoms with Gasteiger partial charge in [-0.1, -0.05) is 133 Å². The molecular formula is C51H86O8. The van der Waals surface area contributed by atoms with Gasteiger partial charge in [0.15, 0.2) is 6.10 Å². The van der Waals surface area contributed by atoms with Crippen molar-refractivity contribution in [3.05, 3.63) is 11.1 Å². The van der Waals surface area contributed by atoms with Gasteiger partial charge < -0.3 is 19.3 Å². The molecule has 0 aromatic rings. The average Bonchev–Trinajstić information content (AvgIpc) is 3.52. The number of fused-ring (bicyclic) bond motifs is 5. The van der Waals surface area contributed by atoms with Gasteiger partial charge in [-0.05, 0) is 98.2 Å². The highest BCUT2D eigenvalue weighted by atomic mass is 16.6. The van der Waals surface area contributed by atoms with Crippen molar-refractivity contribution in [3.63, 3.8) is 0 Å². The number of carbonyl (C=O) groups is 4. The van der Waals surface area contributed by atoms with Crippen molar-refractivity contribution in [2.75, 3.05) is 0 Å². The van der Waals surface area contributed by atoms with Crippen LogP contribution >= 0.6 is 0 Å². The van der Waals surface area contributed by atoms with Crippen LogP contribution in [0, 0.1) is 57.2 Å². The molecule has 1 N–H and O–H groups in total. The van der Waals surface area contributed by atoms with Crippen LogP contribution in [0.4, 0.5) is 0 Å². The quantitative estimate of drug-likeness (QED) is 0.0733. The lowest BCUT2D eigenvalue weighted by Crippen LogP contribution is -2.66. The normalized spacial score (nSPS) is 30.7. The van der Waals surface area contributed by atoms with Crippen molar-refractivity contribution in [2.24, 2.45) is 57.2 Å². The number of hydrogen-bond donors (Lipinski definition) is 1. The predicted octanol–water partition coefficient (Wildman–Crippen LogP) is 11.9. The third kappa shape index (κ3) is 10.0. The zero-order chi connectivity index (χ0) is 44.3. The highest BCUT2D eigenvalue weighted by Crippen LogP contribution is 2.74. The van der Waals surface area contributed by atoms with E-state index in [1.54, 1.807) is 13.8 Å². The van der Waals surface area contributed by atoms with Crippen molar-refractivity contribution in [1.29, 1.82) is 0 Å². The van der Waals surface area contributed by atoms with E-state index in [4.69, 9.17) is 14.2 Å². The van der Waals surface area contributed by atoms with Crippen LogP contribution in [-0.4, -0.2) is 52.7 Å². The van der Waals surface area contributed by atoms with Gasteiger partial charge in [-0.3, -0.25) is 19.2 Å². The van der Waals surface area contributed by atoms with Crippen LogP contribution < -0.4 is 0 Å². The second-order valence-corrected chi connectivity index (χ2v) is 21.6. The Balaban J connectivity index is 1.79. The molecule has 0 spiro atoms. The molecule has 3 saturated carbocycles. The number of ketones is 1. The first-order valence-electron chi connectivity index (χ1n) is 24.1. The molecule has 4 aliphatic carbocycles. The molecule has 4 rings (SSSR count). The Morgan fingerprint density at radius 3 is 1.76 bits per heavy atom. The fraction of sp³-hybridized carbons (Fsp3) is 0.882. The SMILES string of the molecule is CCC(CC)CC(=O)O[C@@H](C[C@@H](C)C1=C2C[C@H](OC(=O)CC(CC)CC)[C@H]3[C@@]4(C)CCC(=O)C(C)(C)[C@@H]4CC[C@]3(C)[C@@]2(C)CC1)[C@@H](OC(=O)CC(CC)CC)C(C)(C)O. The van der Waals surface area contributed by atoms with E-state index in [9.17, 15) is 24.3 Å². The number of rotatable bonds is 20. The first kappa shape index (κ1) is 49.4. The van der Waals surface area contributed by atoms with Crippen LogP contribution in [0.15, 0.2) is 11.1 Å². The van der Waals surface area contributed by atoms with Gasteiger partial charge >= 0.3 is 17.9 Å². The molecule has 8 heteroatoms.